The number of anilines is 1. The van der Waals surface area contributed by atoms with Crippen molar-refractivity contribution in [3.63, 3.8) is 0 Å². The molecule has 19 heavy (non-hydrogen) atoms. The molecule has 0 aromatic carbocycles. The highest BCUT2D eigenvalue weighted by atomic mass is 35.5. The quantitative estimate of drug-likeness (QED) is 0.944. The lowest BCUT2D eigenvalue weighted by atomic mass is 10.3. The number of nitrogens with one attached hydrogen (secondary N) is 1. The Labute approximate surface area is 111 Å². The second-order valence-electron chi connectivity index (χ2n) is 3.76. The van der Waals surface area contributed by atoms with E-state index in [4.69, 9.17) is 11.6 Å². The third-order valence-electron chi connectivity index (χ3n) is 2.39. The normalized spacial score (nSPS) is 11.6. The van der Waals surface area contributed by atoms with Crippen LogP contribution in [0.3, 0.4) is 0 Å². The van der Waals surface area contributed by atoms with Crippen LogP contribution in [0, 0.1) is 0 Å². The van der Waals surface area contributed by atoms with Crippen LogP contribution < -0.4 is 5.32 Å². The highest BCUT2D eigenvalue weighted by Gasteiger charge is 2.31. The molecule has 0 aliphatic heterocycles. The Hall–Kier alpha value is -1.83. The van der Waals surface area contributed by atoms with Crippen molar-refractivity contribution in [1.82, 2.24) is 19.7 Å². The molecule has 0 saturated heterocycles. The van der Waals surface area contributed by atoms with Gasteiger partial charge >= 0.3 is 6.18 Å². The summed E-state index contributed by atoms with van der Waals surface area (Å²) < 4.78 is 38.9. The predicted molar refractivity (Wildman–Crippen MR) is 62.6 cm³/mol. The van der Waals surface area contributed by atoms with Crippen LogP contribution in [0.1, 0.15) is 11.4 Å². The van der Waals surface area contributed by atoms with E-state index in [1.54, 1.807) is 11.6 Å². The molecule has 1 N–H and O–H groups in total. The fourth-order valence-corrected chi connectivity index (χ4v) is 1.59. The van der Waals surface area contributed by atoms with Crippen LogP contribution in [0.25, 0.3) is 0 Å². The summed E-state index contributed by atoms with van der Waals surface area (Å²) in [4.78, 5) is 3.65. The zero-order valence-corrected chi connectivity index (χ0v) is 10.5. The number of aromatic nitrogens is 4. The molecule has 0 bridgehead atoms. The summed E-state index contributed by atoms with van der Waals surface area (Å²) in [5.41, 5.74) is -0.887. The Bertz CT molecular complexity index is 581. The van der Waals surface area contributed by atoms with Gasteiger partial charge in [0.05, 0.1) is 17.1 Å². The van der Waals surface area contributed by atoms with Gasteiger partial charge in [0, 0.05) is 13.2 Å². The molecule has 0 radical (unpaired) electrons. The third-order valence-corrected chi connectivity index (χ3v) is 2.68. The average Bonchev–Trinajstić information content (AvgIpc) is 2.72. The van der Waals surface area contributed by atoms with Crippen molar-refractivity contribution in [1.29, 1.82) is 0 Å². The van der Waals surface area contributed by atoms with Gasteiger partial charge in [0.1, 0.15) is 12.1 Å². The molecule has 5 nitrogen and oxygen atoms in total. The van der Waals surface area contributed by atoms with Crippen molar-refractivity contribution in [2.24, 2.45) is 7.05 Å². The molecule has 0 amide bonds. The van der Waals surface area contributed by atoms with Gasteiger partial charge < -0.3 is 9.88 Å². The number of nitrogens with zero attached hydrogens (tertiary/aromatic N) is 4. The summed E-state index contributed by atoms with van der Waals surface area (Å²) in [6.07, 6.45) is -2.22. The Morgan fingerprint density at radius 2 is 2.16 bits per heavy atom. The Balaban J connectivity index is 2.12. The molecule has 0 atom stereocenters. The summed E-state index contributed by atoms with van der Waals surface area (Å²) in [5.74, 6) is 0.774. The minimum Gasteiger partial charge on any atom is -0.362 e. The fraction of sp³-hybridized carbons (Fsp3) is 0.300. The molecule has 102 valence electrons. The van der Waals surface area contributed by atoms with Crippen molar-refractivity contribution in [2.75, 3.05) is 5.32 Å². The van der Waals surface area contributed by atoms with E-state index < -0.39 is 11.7 Å². The Kier molecular flexibility index (Phi) is 3.61. The van der Waals surface area contributed by atoms with E-state index in [2.05, 4.69) is 20.5 Å². The van der Waals surface area contributed by atoms with E-state index >= 15 is 0 Å². The predicted octanol–water partition coefficient (Wildman–Crippen LogP) is 2.49. The lowest BCUT2D eigenvalue weighted by molar-refractivity contribution is -0.137. The maximum atomic E-state index is 12.4. The van der Waals surface area contributed by atoms with Crippen molar-refractivity contribution >= 4 is 17.4 Å². The van der Waals surface area contributed by atoms with Crippen molar-refractivity contribution in [3.8, 4) is 0 Å². The first kappa shape index (κ1) is 13.6. The topological polar surface area (TPSA) is 55.6 Å². The van der Waals surface area contributed by atoms with E-state index in [-0.39, 0.29) is 17.4 Å². The molecule has 9 heteroatoms. The summed E-state index contributed by atoms with van der Waals surface area (Å²) >= 11 is 5.75. The second kappa shape index (κ2) is 5.04. The van der Waals surface area contributed by atoms with E-state index in [1.807, 2.05) is 0 Å². The van der Waals surface area contributed by atoms with Gasteiger partial charge in [0.2, 0.25) is 0 Å². The third kappa shape index (κ3) is 3.14. The molecule has 0 spiro atoms. The number of aryl methyl sites for hydroxylation is 1. The Morgan fingerprint density at radius 3 is 2.68 bits per heavy atom. The molecular weight excluding hydrogens is 283 g/mol. The van der Waals surface area contributed by atoms with E-state index in [9.17, 15) is 13.2 Å². The van der Waals surface area contributed by atoms with Crippen molar-refractivity contribution in [3.05, 3.63) is 35.0 Å². The Morgan fingerprint density at radius 1 is 1.42 bits per heavy atom. The van der Waals surface area contributed by atoms with Crippen LogP contribution >= 0.6 is 11.6 Å². The van der Waals surface area contributed by atoms with Crippen LogP contribution in [0.15, 0.2) is 18.6 Å². The van der Waals surface area contributed by atoms with Gasteiger partial charge in [-0.25, -0.2) is 4.98 Å². The minimum absolute atomic E-state index is 0.100. The van der Waals surface area contributed by atoms with Gasteiger partial charge in [-0.3, -0.25) is 0 Å². The molecule has 0 aliphatic rings. The smallest absolute Gasteiger partial charge is 0.362 e. The first-order valence-electron chi connectivity index (χ1n) is 5.17. The largest absolute Gasteiger partial charge is 0.417 e. The molecule has 2 aromatic rings. The second-order valence-corrected chi connectivity index (χ2v) is 4.17. The minimum atomic E-state index is -4.46. The standard InChI is InChI=1S/C10H9ClF3N5/c1-19-5-17-18-8(19)4-16-9-7(11)2-6(3-15-9)10(12,13)14/h2-3,5H,4H2,1H3,(H,15,16). The molecule has 0 fully saturated rings. The summed E-state index contributed by atoms with van der Waals surface area (Å²) in [6, 6.07) is 0.827. The number of hydrogen-bond acceptors (Lipinski definition) is 4. The molecular formula is C10H9ClF3N5. The first-order valence-corrected chi connectivity index (χ1v) is 5.55. The van der Waals surface area contributed by atoms with Crippen LogP contribution in [-0.2, 0) is 19.8 Å². The SMILES string of the molecule is Cn1cnnc1CNc1ncc(C(F)(F)F)cc1Cl. The lowest BCUT2D eigenvalue weighted by Crippen LogP contribution is -2.09. The monoisotopic (exact) mass is 291 g/mol. The van der Waals surface area contributed by atoms with Gasteiger partial charge in [-0.05, 0) is 6.07 Å². The fourth-order valence-electron chi connectivity index (χ4n) is 1.35. The van der Waals surface area contributed by atoms with Gasteiger partial charge in [0.25, 0.3) is 0 Å². The van der Waals surface area contributed by atoms with E-state index in [1.165, 1.54) is 6.33 Å². The van der Waals surface area contributed by atoms with Gasteiger partial charge in [0.15, 0.2) is 5.82 Å². The zero-order valence-electron chi connectivity index (χ0n) is 9.74. The molecule has 0 saturated carbocycles. The highest BCUT2D eigenvalue weighted by Crippen LogP contribution is 2.32. The highest BCUT2D eigenvalue weighted by molar-refractivity contribution is 6.32. The first-order chi connectivity index (χ1) is 8.88. The number of hydrogen-bond donors (Lipinski definition) is 1. The molecule has 0 aliphatic carbocycles. The van der Waals surface area contributed by atoms with Gasteiger partial charge in [-0.1, -0.05) is 11.6 Å². The van der Waals surface area contributed by atoms with E-state index in [0.29, 0.717) is 5.82 Å². The maximum Gasteiger partial charge on any atom is 0.417 e. The summed E-state index contributed by atoms with van der Waals surface area (Å²) in [5, 5.41) is 10.2. The maximum absolute atomic E-state index is 12.4. The molecule has 2 heterocycles. The van der Waals surface area contributed by atoms with Crippen LogP contribution in [-0.4, -0.2) is 19.7 Å². The number of pyridine rings is 1. The van der Waals surface area contributed by atoms with E-state index in [0.717, 1.165) is 12.3 Å². The van der Waals surface area contributed by atoms with Gasteiger partial charge in [-0.15, -0.1) is 10.2 Å². The lowest BCUT2D eigenvalue weighted by Gasteiger charge is -2.10. The summed E-state index contributed by atoms with van der Waals surface area (Å²) in [7, 11) is 1.75. The van der Waals surface area contributed by atoms with Crippen LogP contribution in [0.4, 0.5) is 19.0 Å². The zero-order chi connectivity index (χ0) is 14.0. The average molecular weight is 292 g/mol. The molecule has 2 rings (SSSR count). The van der Waals surface area contributed by atoms with Crippen LogP contribution in [0.2, 0.25) is 5.02 Å². The number of rotatable bonds is 3. The van der Waals surface area contributed by atoms with Gasteiger partial charge in [-0.2, -0.15) is 13.2 Å². The molecule has 2 aromatic heterocycles. The number of halogens is 4. The number of alkyl halides is 3. The van der Waals surface area contributed by atoms with Crippen molar-refractivity contribution < 1.29 is 13.2 Å². The van der Waals surface area contributed by atoms with Crippen LogP contribution in [0.5, 0.6) is 0 Å². The molecule has 0 unspecified atom stereocenters. The summed E-state index contributed by atoms with van der Waals surface area (Å²) in [6.45, 7) is 0.259. The van der Waals surface area contributed by atoms with Crippen molar-refractivity contribution in [2.45, 2.75) is 12.7 Å².